The molecule has 0 saturated carbocycles. The molecule has 0 radical (unpaired) electrons. The van der Waals surface area contributed by atoms with E-state index in [9.17, 15) is 0 Å². The normalized spacial score (nSPS) is 11.3. The molecule has 3 aromatic rings. The second-order valence-corrected chi connectivity index (χ2v) is 4.93. The van der Waals surface area contributed by atoms with Gasteiger partial charge in [0.1, 0.15) is 0 Å². The summed E-state index contributed by atoms with van der Waals surface area (Å²) in [6.07, 6.45) is 1.86. The zero-order valence-electron chi connectivity index (χ0n) is 11.2. The van der Waals surface area contributed by atoms with Crippen LogP contribution in [0.2, 0.25) is 0 Å². The van der Waals surface area contributed by atoms with Gasteiger partial charge in [-0.2, -0.15) is 5.21 Å². The number of aromatic nitrogens is 5. The lowest BCUT2D eigenvalue weighted by Crippen LogP contribution is -2.02. The van der Waals surface area contributed by atoms with Crippen molar-refractivity contribution in [1.82, 2.24) is 25.2 Å². The second kappa shape index (κ2) is 4.84. The van der Waals surface area contributed by atoms with E-state index in [1.54, 1.807) is 0 Å². The molecule has 5 heteroatoms. The van der Waals surface area contributed by atoms with E-state index in [0.29, 0.717) is 0 Å². The van der Waals surface area contributed by atoms with Gasteiger partial charge >= 0.3 is 0 Å². The average molecular weight is 255 g/mol. The Morgan fingerprint density at radius 3 is 2.89 bits per heavy atom. The van der Waals surface area contributed by atoms with Gasteiger partial charge in [-0.15, -0.1) is 10.2 Å². The molecule has 0 unspecified atom stereocenters. The molecule has 1 N–H and O–H groups in total. The fourth-order valence-electron chi connectivity index (χ4n) is 2.51. The Balaban J connectivity index is 1.78. The minimum absolute atomic E-state index is 0.782. The van der Waals surface area contributed by atoms with Gasteiger partial charge in [0.05, 0.1) is 0 Å². The quantitative estimate of drug-likeness (QED) is 0.778. The molecule has 0 aliphatic carbocycles. The number of H-pyrrole nitrogens is 1. The summed E-state index contributed by atoms with van der Waals surface area (Å²) in [5.74, 6) is 0.782. The fourth-order valence-corrected chi connectivity index (χ4v) is 2.51. The fraction of sp³-hybridized carbons (Fsp3) is 0.357. The molecule has 0 fully saturated rings. The number of aryl methyl sites for hydroxylation is 4. The summed E-state index contributed by atoms with van der Waals surface area (Å²) >= 11 is 0. The van der Waals surface area contributed by atoms with Crippen molar-refractivity contribution in [1.29, 1.82) is 0 Å². The molecular weight excluding hydrogens is 238 g/mol. The van der Waals surface area contributed by atoms with Crippen molar-refractivity contribution in [2.24, 2.45) is 0 Å². The number of rotatable bonds is 4. The maximum atomic E-state index is 3.97. The summed E-state index contributed by atoms with van der Waals surface area (Å²) in [6.45, 7) is 5.26. The molecule has 2 heterocycles. The molecule has 0 aliphatic heterocycles. The van der Waals surface area contributed by atoms with E-state index >= 15 is 0 Å². The second-order valence-electron chi connectivity index (χ2n) is 4.93. The number of benzene rings is 1. The topological polar surface area (TPSA) is 59.4 Å². The molecule has 3 rings (SSSR count). The Morgan fingerprint density at radius 2 is 2.11 bits per heavy atom. The van der Waals surface area contributed by atoms with E-state index in [2.05, 4.69) is 63.3 Å². The molecule has 0 saturated heterocycles. The predicted octanol–water partition coefficient (Wildman–Crippen LogP) is 2.40. The Kier molecular flexibility index (Phi) is 3.03. The number of tetrazole rings is 1. The number of nitrogens with zero attached hydrogens (tertiary/aromatic N) is 4. The van der Waals surface area contributed by atoms with Crippen molar-refractivity contribution in [3.63, 3.8) is 0 Å². The maximum Gasteiger partial charge on any atom is 0.174 e. The van der Waals surface area contributed by atoms with E-state index in [-0.39, 0.29) is 0 Å². The van der Waals surface area contributed by atoms with Crippen molar-refractivity contribution in [2.45, 2.75) is 33.2 Å². The molecule has 0 aliphatic rings. The van der Waals surface area contributed by atoms with Gasteiger partial charge in [-0.3, -0.25) is 0 Å². The first-order valence-electron chi connectivity index (χ1n) is 6.53. The van der Waals surface area contributed by atoms with Crippen molar-refractivity contribution < 1.29 is 0 Å². The number of hydrogen-bond acceptors (Lipinski definition) is 3. The van der Waals surface area contributed by atoms with Crippen LogP contribution in [-0.2, 0) is 13.0 Å². The minimum atomic E-state index is 0.782. The predicted molar refractivity (Wildman–Crippen MR) is 73.9 cm³/mol. The summed E-state index contributed by atoms with van der Waals surface area (Å²) in [5, 5.41) is 15.3. The highest BCUT2D eigenvalue weighted by molar-refractivity contribution is 5.82. The van der Waals surface area contributed by atoms with Crippen LogP contribution in [0.1, 0.15) is 23.5 Å². The zero-order valence-corrected chi connectivity index (χ0v) is 11.2. The maximum absolute atomic E-state index is 3.97. The van der Waals surface area contributed by atoms with Crippen LogP contribution >= 0.6 is 0 Å². The third kappa shape index (κ3) is 2.36. The van der Waals surface area contributed by atoms with Gasteiger partial charge in [0.2, 0.25) is 0 Å². The van der Waals surface area contributed by atoms with E-state index < -0.39 is 0 Å². The van der Waals surface area contributed by atoms with E-state index in [1.165, 1.54) is 22.2 Å². The van der Waals surface area contributed by atoms with Crippen LogP contribution in [0, 0.1) is 13.8 Å². The SMILES string of the molecule is Cc1ccc2c(c1)cc(C)n2CCCc1nn[nH]n1. The van der Waals surface area contributed by atoms with E-state index in [4.69, 9.17) is 0 Å². The first-order valence-corrected chi connectivity index (χ1v) is 6.53. The van der Waals surface area contributed by atoms with Crippen LogP contribution in [0.15, 0.2) is 24.3 Å². The van der Waals surface area contributed by atoms with Gasteiger partial charge in [0.15, 0.2) is 5.82 Å². The minimum Gasteiger partial charge on any atom is -0.345 e. The van der Waals surface area contributed by atoms with Crippen LogP contribution < -0.4 is 0 Å². The van der Waals surface area contributed by atoms with Crippen LogP contribution in [-0.4, -0.2) is 25.2 Å². The smallest absolute Gasteiger partial charge is 0.174 e. The molecule has 19 heavy (non-hydrogen) atoms. The Labute approximate surface area is 111 Å². The molecule has 5 nitrogen and oxygen atoms in total. The monoisotopic (exact) mass is 255 g/mol. The van der Waals surface area contributed by atoms with Crippen molar-refractivity contribution in [3.05, 3.63) is 41.3 Å². The summed E-state index contributed by atoms with van der Waals surface area (Å²) < 4.78 is 2.36. The van der Waals surface area contributed by atoms with E-state index in [0.717, 1.165) is 25.2 Å². The standard InChI is InChI=1S/C14H17N5/c1-10-5-6-13-12(8-10)9-11(2)19(13)7-3-4-14-15-17-18-16-14/h5-6,8-9H,3-4,7H2,1-2H3,(H,15,16,17,18). The first-order chi connectivity index (χ1) is 9.24. The van der Waals surface area contributed by atoms with Crippen molar-refractivity contribution in [2.75, 3.05) is 0 Å². The van der Waals surface area contributed by atoms with Gasteiger partial charge in [-0.1, -0.05) is 16.8 Å². The third-order valence-electron chi connectivity index (χ3n) is 3.44. The lowest BCUT2D eigenvalue weighted by Gasteiger charge is -2.07. The van der Waals surface area contributed by atoms with Crippen LogP contribution in [0.25, 0.3) is 10.9 Å². The molecule has 1 aromatic carbocycles. The summed E-state index contributed by atoms with van der Waals surface area (Å²) in [6, 6.07) is 8.85. The van der Waals surface area contributed by atoms with Crippen LogP contribution in [0.4, 0.5) is 0 Å². The molecule has 2 aromatic heterocycles. The average Bonchev–Trinajstić information content (AvgIpc) is 2.98. The summed E-state index contributed by atoms with van der Waals surface area (Å²) in [7, 11) is 0. The van der Waals surface area contributed by atoms with E-state index in [1.807, 2.05) is 0 Å². The van der Waals surface area contributed by atoms with Gasteiger partial charge in [0, 0.05) is 29.6 Å². The van der Waals surface area contributed by atoms with Gasteiger partial charge in [-0.05, 0) is 38.5 Å². The first kappa shape index (κ1) is 11.9. The molecule has 0 spiro atoms. The van der Waals surface area contributed by atoms with Crippen LogP contribution in [0.5, 0.6) is 0 Å². The molecule has 0 bridgehead atoms. The highest BCUT2D eigenvalue weighted by Crippen LogP contribution is 2.21. The largest absolute Gasteiger partial charge is 0.345 e. The third-order valence-corrected chi connectivity index (χ3v) is 3.44. The molecule has 0 atom stereocenters. The number of nitrogens with one attached hydrogen (secondary N) is 1. The number of aromatic amines is 1. The van der Waals surface area contributed by atoms with Crippen LogP contribution in [0.3, 0.4) is 0 Å². The van der Waals surface area contributed by atoms with Gasteiger partial charge in [-0.25, -0.2) is 0 Å². The number of fused-ring (bicyclic) bond motifs is 1. The molecule has 98 valence electrons. The molecular formula is C14H17N5. The van der Waals surface area contributed by atoms with Gasteiger partial charge in [0.25, 0.3) is 0 Å². The lowest BCUT2D eigenvalue weighted by atomic mass is 10.2. The Bertz CT molecular complexity index is 681. The lowest BCUT2D eigenvalue weighted by molar-refractivity contribution is 0.634. The summed E-state index contributed by atoms with van der Waals surface area (Å²) in [5.41, 5.74) is 3.90. The Hall–Kier alpha value is -2.17. The zero-order chi connectivity index (χ0) is 13.2. The number of hydrogen-bond donors (Lipinski definition) is 1. The van der Waals surface area contributed by atoms with Crippen molar-refractivity contribution in [3.8, 4) is 0 Å². The highest BCUT2D eigenvalue weighted by Gasteiger charge is 2.06. The highest BCUT2D eigenvalue weighted by atomic mass is 15.5. The van der Waals surface area contributed by atoms with Crippen molar-refractivity contribution >= 4 is 10.9 Å². The Morgan fingerprint density at radius 1 is 1.21 bits per heavy atom. The molecule has 0 amide bonds. The summed E-state index contributed by atoms with van der Waals surface area (Å²) in [4.78, 5) is 0. The van der Waals surface area contributed by atoms with Gasteiger partial charge < -0.3 is 4.57 Å².